The molecule has 0 radical (unpaired) electrons. The van der Waals surface area contributed by atoms with Crippen molar-refractivity contribution in [1.29, 1.82) is 0 Å². The first kappa shape index (κ1) is 16.3. The van der Waals surface area contributed by atoms with E-state index in [4.69, 9.17) is 16.3 Å². The third-order valence-corrected chi connectivity index (χ3v) is 3.93. The molecule has 2 rings (SSSR count). The van der Waals surface area contributed by atoms with Crippen molar-refractivity contribution >= 4 is 22.9 Å². The Hall–Kier alpha value is -1.10. The minimum Gasteiger partial charge on any atom is -0.487 e. The Morgan fingerprint density at radius 2 is 2.10 bits per heavy atom. The van der Waals surface area contributed by atoms with Gasteiger partial charge in [-0.2, -0.15) is 0 Å². The highest BCUT2D eigenvalue weighted by Crippen LogP contribution is 2.24. The van der Waals surface area contributed by atoms with Crippen LogP contribution in [0.15, 0.2) is 23.6 Å². The summed E-state index contributed by atoms with van der Waals surface area (Å²) in [5.74, 6) is 0.849. The summed E-state index contributed by atoms with van der Waals surface area (Å²) < 4.78 is 5.90. The van der Waals surface area contributed by atoms with Crippen LogP contribution in [0.1, 0.15) is 37.0 Å². The van der Waals surface area contributed by atoms with Crippen molar-refractivity contribution in [3.63, 3.8) is 0 Å². The van der Waals surface area contributed by atoms with Crippen LogP contribution in [0.2, 0.25) is 5.02 Å². The number of thiazole rings is 1. The summed E-state index contributed by atoms with van der Waals surface area (Å²) in [7, 11) is 0. The van der Waals surface area contributed by atoms with Gasteiger partial charge in [0.2, 0.25) is 0 Å². The van der Waals surface area contributed by atoms with E-state index in [1.165, 1.54) is 0 Å². The lowest BCUT2D eigenvalue weighted by Crippen LogP contribution is -2.35. The molecule has 0 saturated heterocycles. The first-order chi connectivity index (χ1) is 9.83. The molecule has 3 nitrogen and oxygen atoms in total. The predicted molar refractivity (Wildman–Crippen MR) is 89.2 cm³/mol. The van der Waals surface area contributed by atoms with Gasteiger partial charge in [0.05, 0.1) is 10.7 Å². The van der Waals surface area contributed by atoms with Crippen LogP contribution in [0.3, 0.4) is 0 Å². The van der Waals surface area contributed by atoms with Crippen molar-refractivity contribution in [3.05, 3.63) is 44.9 Å². The molecule has 0 aliphatic rings. The average molecular weight is 325 g/mol. The largest absolute Gasteiger partial charge is 0.487 e. The smallest absolute Gasteiger partial charge is 0.131 e. The van der Waals surface area contributed by atoms with Crippen LogP contribution in [-0.4, -0.2) is 10.5 Å². The molecule has 1 aromatic heterocycles. The van der Waals surface area contributed by atoms with Gasteiger partial charge in [-0.1, -0.05) is 11.6 Å². The van der Waals surface area contributed by atoms with E-state index in [-0.39, 0.29) is 5.54 Å². The molecule has 0 bridgehead atoms. The molecule has 5 heteroatoms. The molecule has 0 aliphatic heterocycles. The highest BCUT2D eigenvalue weighted by atomic mass is 35.5. The summed E-state index contributed by atoms with van der Waals surface area (Å²) in [5, 5.41) is 7.26. The summed E-state index contributed by atoms with van der Waals surface area (Å²) in [5.41, 5.74) is 2.07. The van der Waals surface area contributed by atoms with Gasteiger partial charge in [0.15, 0.2) is 0 Å². The Kier molecular flexibility index (Phi) is 5.25. The summed E-state index contributed by atoms with van der Waals surface area (Å²) in [6.45, 7) is 9.60. The minimum atomic E-state index is 0.0472. The maximum absolute atomic E-state index is 6.09. The Bertz CT molecular complexity index is 605. The average Bonchev–Trinajstić information content (AvgIpc) is 2.80. The number of aromatic nitrogens is 1. The van der Waals surface area contributed by atoms with Crippen LogP contribution in [-0.2, 0) is 13.2 Å². The molecule has 0 spiro atoms. The lowest BCUT2D eigenvalue weighted by Gasteiger charge is -2.21. The number of ether oxygens (including phenoxy) is 1. The van der Waals surface area contributed by atoms with Gasteiger partial charge < -0.3 is 10.1 Å². The second kappa shape index (κ2) is 6.77. The number of halogens is 1. The number of benzene rings is 1. The molecule has 0 fully saturated rings. The molecule has 0 aliphatic carbocycles. The molecular formula is C16H21ClN2OS. The van der Waals surface area contributed by atoms with Gasteiger partial charge in [-0.25, -0.2) is 4.98 Å². The van der Waals surface area contributed by atoms with Gasteiger partial charge in [0.1, 0.15) is 12.4 Å². The lowest BCUT2D eigenvalue weighted by molar-refractivity contribution is 0.296. The fourth-order valence-corrected chi connectivity index (χ4v) is 2.61. The molecule has 1 N–H and O–H groups in total. The van der Waals surface area contributed by atoms with Crippen LogP contribution < -0.4 is 10.1 Å². The molecule has 114 valence electrons. The zero-order chi connectivity index (χ0) is 15.5. The second-order valence-corrected chi connectivity index (χ2v) is 7.50. The quantitative estimate of drug-likeness (QED) is 0.874. The molecule has 1 heterocycles. The fraction of sp³-hybridized carbons (Fsp3) is 0.438. The Morgan fingerprint density at radius 3 is 2.71 bits per heavy atom. The van der Waals surface area contributed by atoms with Gasteiger partial charge in [-0.3, -0.25) is 0 Å². The van der Waals surface area contributed by atoms with E-state index >= 15 is 0 Å². The van der Waals surface area contributed by atoms with E-state index < -0.39 is 0 Å². The number of hydrogen-bond acceptors (Lipinski definition) is 4. The number of nitrogens with zero attached hydrogens (tertiary/aromatic N) is 1. The van der Waals surface area contributed by atoms with Crippen LogP contribution in [0.4, 0.5) is 0 Å². The Morgan fingerprint density at radius 1 is 1.33 bits per heavy atom. The Labute approximate surface area is 135 Å². The van der Waals surface area contributed by atoms with E-state index in [0.29, 0.717) is 6.61 Å². The predicted octanol–water partition coefficient (Wildman–Crippen LogP) is 4.57. The highest BCUT2D eigenvalue weighted by molar-refractivity contribution is 7.09. The molecule has 1 aromatic carbocycles. The summed E-state index contributed by atoms with van der Waals surface area (Å²) in [4.78, 5) is 4.41. The number of hydrogen-bond donors (Lipinski definition) is 1. The summed E-state index contributed by atoms with van der Waals surface area (Å²) >= 11 is 7.73. The zero-order valence-corrected chi connectivity index (χ0v) is 14.4. The molecule has 2 aromatic rings. The van der Waals surface area contributed by atoms with Gasteiger partial charge in [-0.05, 0) is 45.9 Å². The number of aryl methyl sites for hydroxylation is 1. The van der Waals surface area contributed by atoms with Crippen LogP contribution >= 0.6 is 22.9 Å². The second-order valence-electron chi connectivity index (χ2n) is 6.00. The third-order valence-electron chi connectivity index (χ3n) is 2.87. The van der Waals surface area contributed by atoms with Crippen LogP contribution in [0.25, 0.3) is 0 Å². The molecule has 21 heavy (non-hydrogen) atoms. The van der Waals surface area contributed by atoms with Crippen LogP contribution in [0.5, 0.6) is 5.75 Å². The fourth-order valence-electron chi connectivity index (χ4n) is 1.81. The van der Waals surface area contributed by atoms with Gasteiger partial charge in [0.25, 0.3) is 0 Å². The maximum atomic E-state index is 6.09. The Balaban J connectivity index is 2.07. The molecule has 0 unspecified atom stereocenters. The molecule has 0 amide bonds. The van der Waals surface area contributed by atoms with E-state index in [1.54, 1.807) is 11.3 Å². The topological polar surface area (TPSA) is 34.1 Å². The maximum Gasteiger partial charge on any atom is 0.131 e. The first-order valence-corrected chi connectivity index (χ1v) is 8.16. The van der Waals surface area contributed by atoms with Crippen molar-refractivity contribution in [2.75, 3.05) is 0 Å². The number of rotatable bonds is 5. The van der Waals surface area contributed by atoms with E-state index in [0.717, 1.165) is 33.6 Å². The van der Waals surface area contributed by atoms with Gasteiger partial charge in [0, 0.05) is 28.0 Å². The van der Waals surface area contributed by atoms with Gasteiger partial charge >= 0.3 is 0 Å². The van der Waals surface area contributed by atoms with Crippen molar-refractivity contribution < 1.29 is 4.74 Å². The van der Waals surface area contributed by atoms with E-state index in [2.05, 4.69) is 31.1 Å². The van der Waals surface area contributed by atoms with Crippen molar-refractivity contribution in [2.45, 2.75) is 46.4 Å². The first-order valence-electron chi connectivity index (χ1n) is 6.91. The summed E-state index contributed by atoms with van der Waals surface area (Å²) in [6.07, 6.45) is 0. The molecule has 0 saturated carbocycles. The van der Waals surface area contributed by atoms with Crippen LogP contribution in [0, 0.1) is 6.92 Å². The standard InChI is InChI=1S/C16H21ClN2OS/c1-11-19-14(10-21-11)9-20-15-6-5-13(17)7-12(15)8-18-16(2,3)4/h5-7,10,18H,8-9H2,1-4H3. The SMILES string of the molecule is Cc1nc(COc2ccc(Cl)cc2CNC(C)(C)C)cs1. The minimum absolute atomic E-state index is 0.0472. The lowest BCUT2D eigenvalue weighted by atomic mass is 10.1. The number of nitrogens with one attached hydrogen (secondary N) is 1. The highest BCUT2D eigenvalue weighted by Gasteiger charge is 2.12. The third kappa shape index (κ3) is 5.30. The van der Waals surface area contributed by atoms with E-state index in [1.807, 2.05) is 30.5 Å². The molecular weight excluding hydrogens is 304 g/mol. The van der Waals surface area contributed by atoms with Crippen molar-refractivity contribution in [2.24, 2.45) is 0 Å². The van der Waals surface area contributed by atoms with Crippen molar-refractivity contribution in [1.82, 2.24) is 10.3 Å². The van der Waals surface area contributed by atoms with Crippen molar-refractivity contribution in [3.8, 4) is 5.75 Å². The summed E-state index contributed by atoms with van der Waals surface area (Å²) in [6, 6.07) is 5.72. The van der Waals surface area contributed by atoms with Gasteiger partial charge in [-0.15, -0.1) is 11.3 Å². The molecule has 0 atom stereocenters. The van der Waals surface area contributed by atoms with E-state index in [9.17, 15) is 0 Å². The normalized spacial score (nSPS) is 11.7. The monoisotopic (exact) mass is 324 g/mol. The zero-order valence-electron chi connectivity index (χ0n) is 12.9.